The number of benzene rings is 1. The normalized spacial score (nSPS) is 19.5. The molecule has 4 heterocycles. The molecule has 0 bridgehead atoms. The molecular weight excluding hydrogens is 482 g/mol. The van der Waals surface area contributed by atoms with E-state index in [0.29, 0.717) is 44.2 Å². The third kappa shape index (κ3) is 4.74. The van der Waals surface area contributed by atoms with Gasteiger partial charge in [0.25, 0.3) is 5.91 Å². The molecule has 0 N–H and O–H groups in total. The maximum Gasteiger partial charge on any atom is 0.289 e. The van der Waals surface area contributed by atoms with Crippen LogP contribution in [0.3, 0.4) is 0 Å². The number of carbonyl (C=O) groups is 2. The van der Waals surface area contributed by atoms with Crippen LogP contribution in [0.25, 0.3) is 22.5 Å². The number of rotatable bonds is 6. The van der Waals surface area contributed by atoms with Gasteiger partial charge in [-0.05, 0) is 66.6 Å². The molecule has 1 atom stereocenters. The van der Waals surface area contributed by atoms with Crippen LogP contribution in [-0.4, -0.2) is 77.3 Å². The summed E-state index contributed by atoms with van der Waals surface area (Å²) >= 11 is 0. The first-order chi connectivity index (χ1) is 18.6. The lowest BCUT2D eigenvalue weighted by Crippen LogP contribution is -2.51. The lowest BCUT2D eigenvalue weighted by Gasteiger charge is -2.34. The van der Waals surface area contributed by atoms with E-state index in [1.54, 1.807) is 17.3 Å². The van der Waals surface area contributed by atoms with Crippen molar-refractivity contribution in [1.29, 1.82) is 0 Å². The maximum absolute atomic E-state index is 13.5. The van der Waals surface area contributed by atoms with Crippen LogP contribution in [0, 0.1) is 4.91 Å². The molecule has 0 spiro atoms. The van der Waals surface area contributed by atoms with Gasteiger partial charge in [-0.25, -0.2) is 0 Å². The van der Waals surface area contributed by atoms with Crippen molar-refractivity contribution < 1.29 is 14.0 Å². The Balaban J connectivity index is 1.21. The highest BCUT2D eigenvalue weighted by molar-refractivity contribution is 5.95. The highest BCUT2D eigenvalue weighted by atomic mass is 16.4. The van der Waals surface area contributed by atoms with Crippen LogP contribution in [0.5, 0.6) is 0 Å². The summed E-state index contributed by atoms with van der Waals surface area (Å²) in [6.45, 7) is 4.54. The van der Waals surface area contributed by atoms with Crippen molar-refractivity contribution in [2.45, 2.75) is 31.7 Å². The number of furan rings is 1. The van der Waals surface area contributed by atoms with E-state index < -0.39 is 0 Å². The summed E-state index contributed by atoms with van der Waals surface area (Å²) in [6, 6.07) is 11.3. The number of amides is 2. The second kappa shape index (κ2) is 10.5. The maximum atomic E-state index is 13.5. The van der Waals surface area contributed by atoms with Gasteiger partial charge in [-0.1, -0.05) is 17.3 Å². The van der Waals surface area contributed by atoms with Crippen molar-refractivity contribution in [1.82, 2.24) is 19.7 Å². The van der Waals surface area contributed by atoms with Gasteiger partial charge in [0.05, 0.1) is 6.54 Å². The van der Waals surface area contributed by atoms with Gasteiger partial charge >= 0.3 is 0 Å². The summed E-state index contributed by atoms with van der Waals surface area (Å²) in [7, 11) is 0. The zero-order valence-corrected chi connectivity index (χ0v) is 21.3. The molecule has 0 radical (unpaired) electrons. The van der Waals surface area contributed by atoms with Crippen molar-refractivity contribution >= 4 is 11.8 Å². The zero-order valence-electron chi connectivity index (χ0n) is 21.3. The minimum Gasteiger partial charge on any atom is -0.450 e. The van der Waals surface area contributed by atoms with E-state index in [1.165, 1.54) is 0 Å². The van der Waals surface area contributed by atoms with Gasteiger partial charge in [0.15, 0.2) is 5.76 Å². The quantitative estimate of drug-likeness (QED) is 0.460. The fourth-order valence-corrected chi connectivity index (χ4v) is 5.83. The Morgan fingerprint density at radius 3 is 2.42 bits per heavy atom. The first kappa shape index (κ1) is 24.5. The average Bonchev–Trinajstić information content (AvgIpc) is 3.73. The molecule has 9 nitrogen and oxygen atoms in total. The standard InChI is InChI=1S/C29H31N5O4/c35-27(33-11-1-2-12-33)19-32-13-15-34(16-14-32)29(36)26-18-24(20-7-9-30-10-8-20)28(38-26)22-3-5-23-21(17-22)4-6-25(23)31-37/h3,5,7-10,17-18,25H,1-2,4,6,11-16,19H2. The summed E-state index contributed by atoms with van der Waals surface area (Å²) in [5, 5.41) is 3.26. The van der Waals surface area contributed by atoms with Gasteiger partial charge in [-0.2, -0.15) is 4.91 Å². The predicted molar refractivity (Wildman–Crippen MR) is 142 cm³/mol. The van der Waals surface area contributed by atoms with Gasteiger partial charge in [-0.15, -0.1) is 0 Å². The van der Waals surface area contributed by atoms with Crippen LogP contribution in [0.1, 0.15) is 47.0 Å². The van der Waals surface area contributed by atoms with Crippen LogP contribution in [0.2, 0.25) is 0 Å². The molecule has 3 aliphatic rings. The number of hydrogen-bond donors (Lipinski definition) is 0. The van der Waals surface area contributed by atoms with Crippen molar-refractivity contribution in [3.05, 3.63) is 70.6 Å². The van der Waals surface area contributed by atoms with Gasteiger partial charge in [0, 0.05) is 62.8 Å². The number of fused-ring (bicyclic) bond motifs is 1. The first-order valence-corrected chi connectivity index (χ1v) is 13.4. The Hall–Kier alpha value is -3.85. The van der Waals surface area contributed by atoms with E-state index in [4.69, 9.17) is 4.42 Å². The number of likely N-dealkylation sites (tertiary alicyclic amines) is 1. The summed E-state index contributed by atoms with van der Waals surface area (Å²) in [4.78, 5) is 47.2. The molecule has 0 saturated carbocycles. The minimum absolute atomic E-state index is 0.150. The largest absolute Gasteiger partial charge is 0.450 e. The number of pyridine rings is 1. The van der Waals surface area contributed by atoms with Gasteiger partial charge in [0.1, 0.15) is 11.8 Å². The molecule has 2 amide bonds. The molecule has 2 aromatic heterocycles. The van der Waals surface area contributed by atoms with E-state index >= 15 is 0 Å². The molecule has 1 aliphatic carbocycles. The van der Waals surface area contributed by atoms with Crippen LogP contribution in [-0.2, 0) is 11.2 Å². The highest BCUT2D eigenvalue weighted by Gasteiger charge is 2.29. The monoisotopic (exact) mass is 513 g/mol. The molecule has 2 fully saturated rings. The number of aryl methyl sites for hydroxylation is 1. The van der Waals surface area contributed by atoms with Crippen LogP contribution in [0.4, 0.5) is 0 Å². The number of aromatic nitrogens is 1. The first-order valence-electron chi connectivity index (χ1n) is 13.4. The topological polar surface area (TPSA) is 99.3 Å². The molecule has 2 aliphatic heterocycles. The van der Waals surface area contributed by atoms with E-state index in [9.17, 15) is 14.5 Å². The summed E-state index contributed by atoms with van der Waals surface area (Å²) in [5.74, 6) is 0.953. The SMILES string of the molecule is O=NC1CCc2cc(-c3oc(C(=O)N4CCN(CC(=O)N5CCCC5)CC4)cc3-c3ccncc3)ccc21. The third-order valence-corrected chi connectivity index (χ3v) is 7.99. The van der Waals surface area contributed by atoms with Crippen molar-refractivity contribution in [2.24, 2.45) is 5.18 Å². The lowest BCUT2D eigenvalue weighted by molar-refractivity contribution is -0.131. The molecule has 1 unspecified atom stereocenters. The molecule has 1 aromatic carbocycles. The van der Waals surface area contributed by atoms with E-state index in [1.807, 2.05) is 35.2 Å². The third-order valence-electron chi connectivity index (χ3n) is 7.99. The summed E-state index contributed by atoms with van der Waals surface area (Å²) in [6.07, 6.45) is 7.13. The molecule has 9 heteroatoms. The highest BCUT2D eigenvalue weighted by Crippen LogP contribution is 2.40. The van der Waals surface area contributed by atoms with Gasteiger partial charge in [-0.3, -0.25) is 19.5 Å². The molecule has 196 valence electrons. The van der Waals surface area contributed by atoms with Crippen molar-refractivity contribution in [2.75, 3.05) is 45.8 Å². The number of carbonyl (C=O) groups excluding carboxylic acids is 2. The smallest absolute Gasteiger partial charge is 0.289 e. The number of hydrogen-bond acceptors (Lipinski definition) is 7. The van der Waals surface area contributed by atoms with Crippen molar-refractivity contribution in [3.8, 4) is 22.5 Å². The molecule has 3 aromatic rings. The Bertz CT molecular complexity index is 1340. The van der Waals surface area contributed by atoms with Crippen LogP contribution < -0.4 is 0 Å². The fraction of sp³-hybridized carbons (Fsp3) is 0.414. The van der Waals surface area contributed by atoms with E-state index in [0.717, 1.165) is 66.6 Å². The lowest BCUT2D eigenvalue weighted by atomic mass is 9.99. The van der Waals surface area contributed by atoms with Crippen LogP contribution >= 0.6 is 0 Å². The predicted octanol–water partition coefficient (Wildman–Crippen LogP) is 4.14. The van der Waals surface area contributed by atoms with Crippen LogP contribution in [0.15, 0.2) is 58.4 Å². The van der Waals surface area contributed by atoms with Crippen molar-refractivity contribution in [3.63, 3.8) is 0 Å². The molecule has 6 rings (SSSR count). The van der Waals surface area contributed by atoms with E-state index in [2.05, 4.69) is 21.1 Å². The summed E-state index contributed by atoms with van der Waals surface area (Å²) in [5.41, 5.74) is 4.67. The molecular formula is C29H31N5O4. The second-order valence-electron chi connectivity index (χ2n) is 10.3. The summed E-state index contributed by atoms with van der Waals surface area (Å²) < 4.78 is 6.27. The Morgan fingerprint density at radius 1 is 0.921 bits per heavy atom. The second-order valence-corrected chi connectivity index (χ2v) is 10.3. The number of nitroso groups, excluding NO2 is 1. The Labute approximate surface area is 221 Å². The van der Waals surface area contributed by atoms with Gasteiger partial charge < -0.3 is 14.2 Å². The Kier molecular flexibility index (Phi) is 6.76. The molecule has 38 heavy (non-hydrogen) atoms. The zero-order chi connectivity index (χ0) is 26.1. The minimum atomic E-state index is -0.295. The Morgan fingerprint density at radius 2 is 1.68 bits per heavy atom. The van der Waals surface area contributed by atoms with Gasteiger partial charge in [0.2, 0.25) is 5.91 Å². The molecule has 2 saturated heterocycles. The average molecular weight is 514 g/mol. The number of nitrogens with zero attached hydrogens (tertiary/aromatic N) is 5. The van der Waals surface area contributed by atoms with E-state index in [-0.39, 0.29) is 17.9 Å². The fourth-order valence-electron chi connectivity index (χ4n) is 5.83. The number of piperazine rings is 1.